The largest absolute Gasteiger partial charge is 0.508 e. The topological polar surface area (TPSA) is 20.2 Å². The molecule has 0 radical (unpaired) electrons. The van der Waals surface area contributed by atoms with Gasteiger partial charge in [-0.15, -0.1) is 0 Å². The molecule has 0 aromatic heterocycles. The second-order valence-electron chi connectivity index (χ2n) is 5.95. The van der Waals surface area contributed by atoms with E-state index in [0.717, 1.165) is 0 Å². The normalized spacial score (nSPS) is 11.7. The molecule has 0 aliphatic heterocycles. The fraction of sp³-hybridized carbons (Fsp3) is 0.647. The van der Waals surface area contributed by atoms with Crippen LogP contribution in [0.2, 0.25) is 0 Å². The molecule has 1 N–H and O–H groups in total. The smallest absolute Gasteiger partial charge is 0.115 e. The number of phenolic OH excluding ortho intramolecular Hbond substituents is 1. The predicted molar refractivity (Wildman–Crippen MR) is 79.1 cm³/mol. The van der Waals surface area contributed by atoms with Crippen LogP contribution in [0.5, 0.6) is 5.75 Å². The molecule has 0 fully saturated rings. The Morgan fingerprint density at radius 1 is 0.889 bits per heavy atom. The van der Waals surface area contributed by atoms with Crippen molar-refractivity contribution < 1.29 is 5.11 Å². The van der Waals surface area contributed by atoms with Crippen LogP contribution in [0.3, 0.4) is 0 Å². The second kappa shape index (κ2) is 7.45. The van der Waals surface area contributed by atoms with E-state index in [4.69, 9.17) is 0 Å². The van der Waals surface area contributed by atoms with Gasteiger partial charge in [-0.1, -0.05) is 71.4 Å². The molecular weight excluding hydrogens is 220 g/mol. The van der Waals surface area contributed by atoms with Crippen molar-refractivity contribution in [2.45, 2.75) is 71.1 Å². The molecule has 1 aromatic carbocycles. The Hall–Kier alpha value is -0.980. The van der Waals surface area contributed by atoms with Crippen LogP contribution in [0.1, 0.15) is 71.3 Å². The molecule has 0 saturated carbocycles. The van der Waals surface area contributed by atoms with Gasteiger partial charge >= 0.3 is 0 Å². The molecule has 0 aliphatic rings. The Balaban J connectivity index is 2.33. The zero-order valence-corrected chi connectivity index (χ0v) is 12.2. The summed E-state index contributed by atoms with van der Waals surface area (Å²) in [5.41, 5.74) is 1.55. The van der Waals surface area contributed by atoms with Gasteiger partial charge in [0.1, 0.15) is 5.75 Å². The van der Waals surface area contributed by atoms with Gasteiger partial charge in [0.05, 0.1) is 0 Å². The molecular formula is C17H28O. The van der Waals surface area contributed by atoms with Crippen molar-refractivity contribution in [2.24, 2.45) is 0 Å². The average molecular weight is 248 g/mol. The van der Waals surface area contributed by atoms with Crippen molar-refractivity contribution in [1.82, 2.24) is 0 Å². The Bertz CT molecular complexity index is 324. The summed E-state index contributed by atoms with van der Waals surface area (Å²) in [6.07, 6.45) is 9.33. The van der Waals surface area contributed by atoms with E-state index >= 15 is 0 Å². The third-order valence-electron chi connectivity index (χ3n) is 3.80. The highest BCUT2D eigenvalue weighted by molar-refractivity contribution is 5.30. The van der Waals surface area contributed by atoms with Gasteiger partial charge in [-0.05, 0) is 29.5 Å². The van der Waals surface area contributed by atoms with Crippen molar-refractivity contribution in [1.29, 1.82) is 0 Å². The Morgan fingerprint density at radius 3 is 2.06 bits per heavy atom. The van der Waals surface area contributed by atoms with Crippen LogP contribution in [-0.4, -0.2) is 5.11 Å². The van der Waals surface area contributed by atoms with Crippen LogP contribution in [-0.2, 0) is 5.41 Å². The third kappa shape index (κ3) is 5.12. The summed E-state index contributed by atoms with van der Waals surface area (Å²) in [7, 11) is 0. The molecule has 0 spiro atoms. The second-order valence-corrected chi connectivity index (χ2v) is 5.95. The van der Waals surface area contributed by atoms with Crippen LogP contribution in [0.4, 0.5) is 0 Å². The monoisotopic (exact) mass is 248 g/mol. The summed E-state index contributed by atoms with van der Waals surface area (Å²) in [4.78, 5) is 0. The SMILES string of the molecule is CCCCCCCCC(C)(C)c1ccc(O)cc1. The number of hydrogen-bond acceptors (Lipinski definition) is 1. The van der Waals surface area contributed by atoms with E-state index in [1.165, 1.54) is 50.5 Å². The molecule has 0 atom stereocenters. The first-order chi connectivity index (χ1) is 8.56. The van der Waals surface area contributed by atoms with Crippen LogP contribution in [0, 0.1) is 0 Å². The molecule has 1 rings (SSSR count). The lowest BCUT2D eigenvalue weighted by Crippen LogP contribution is -2.16. The standard InChI is InChI=1S/C17H28O/c1-4-5-6-7-8-9-14-17(2,3)15-10-12-16(18)13-11-15/h10-13,18H,4-9,14H2,1-3H3. The summed E-state index contributed by atoms with van der Waals surface area (Å²) in [6.45, 7) is 6.85. The fourth-order valence-corrected chi connectivity index (χ4v) is 2.40. The van der Waals surface area contributed by atoms with Crippen molar-refractivity contribution in [3.8, 4) is 5.75 Å². The zero-order valence-electron chi connectivity index (χ0n) is 12.2. The van der Waals surface area contributed by atoms with E-state index in [-0.39, 0.29) is 5.41 Å². The maximum atomic E-state index is 9.32. The van der Waals surface area contributed by atoms with E-state index in [0.29, 0.717) is 5.75 Å². The maximum absolute atomic E-state index is 9.32. The van der Waals surface area contributed by atoms with Crippen LogP contribution >= 0.6 is 0 Å². The van der Waals surface area contributed by atoms with Gasteiger partial charge in [0.2, 0.25) is 0 Å². The average Bonchev–Trinajstić information content (AvgIpc) is 2.34. The van der Waals surface area contributed by atoms with Crippen molar-refractivity contribution in [2.75, 3.05) is 0 Å². The molecule has 1 nitrogen and oxygen atoms in total. The molecule has 1 aromatic rings. The van der Waals surface area contributed by atoms with Crippen molar-refractivity contribution >= 4 is 0 Å². The van der Waals surface area contributed by atoms with E-state index in [2.05, 4.69) is 20.8 Å². The maximum Gasteiger partial charge on any atom is 0.115 e. The number of unbranched alkanes of at least 4 members (excludes halogenated alkanes) is 5. The quantitative estimate of drug-likeness (QED) is 0.609. The molecule has 1 heteroatoms. The lowest BCUT2D eigenvalue weighted by Gasteiger charge is -2.25. The minimum absolute atomic E-state index is 0.221. The summed E-state index contributed by atoms with van der Waals surface area (Å²) in [5.74, 6) is 0.356. The van der Waals surface area contributed by atoms with Crippen LogP contribution < -0.4 is 0 Å². The summed E-state index contributed by atoms with van der Waals surface area (Å²) < 4.78 is 0. The Morgan fingerprint density at radius 2 is 1.44 bits per heavy atom. The van der Waals surface area contributed by atoms with Gasteiger partial charge in [0.15, 0.2) is 0 Å². The number of aromatic hydroxyl groups is 1. The van der Waals surface area contributed by atoms with Crippen LogP contribution in [0.15, 0.2) is 24.3 Å². The molecule has 0 heterocycles. The van der Waals surface area contributed by atoms with Gasteiger partial charge < -0.3 is 5.11 Å². The van der Waals surface area contributed by atoms with Gasteiger partial charge in [-0.3, -0.25) is 0 Å². The predicted octanol–water partition coefficient (Wildman–Crippen LogP) is 5.42. The molecule has 0 amide bonds. The molecule has 102 valence electrons. The first-order valence-electron chi connectivity index (χ1n) is 7.36. The number of phenols is 1. The Labute approximate surface area is 112 Å². The number of benzene rings is 1. The number of hydrogen-bond donors (Lipinski definition) is 1. The first-order valence-corrected chi connectivity index (χ1v) is 7.36. The summed E-state index contributed by atoms with van der Waals surface area (Å²) >= 11 is 0. The van der Waals surface area contributed by atoms with E-state index in [1.807, 2.05) is 12.1 Å². The minimum Gasteiger partial charge on any atom is -0.508 e. The highest BCUT2D eigenvalue weighted by Crippen LogP contribution is 2.30. The van der Waals surface area contributed by atoms with Crippen molar-refractivity contribution in [3.05, 3.63) is 29.8 Å². The van der Waals surface area contributed by atoms with Crippen LogP contribution in [0.25, 0.3) is 0 Å². The number of rotatable bonds is 8. The van der Waals surface area contributed by atoms with E-state index < -0.39 is 0 Å². The molecule has 0 bridgehead atoms. The molecule has 0 unspecified atom stereocenters. The van der Waals surface area contributed by atoms with Crippen molar-refractivity contribution in [3.63, 3.8) is 0 Å². The van der Waals surface area contributed by atoms with Gasteiger partial charge in [0, 0.05) is 0 Å². The summed E-state index contributed by atoms with van der Waals surface area (Å²) in [5, 5.41) is 9.32. The Kier molecular flexibility index (Phi) is 6.24. The first kappa shape index (κ1) is 15.1. The molecule has 0 saturated heterocycles. The van der Waals surface area contributed by atoms with Gasteiger partial charge in [0.25, 0.3) is 0 Å². The lowest BCUT2D eigenvalue weighted by molar-refractivity contribution is 0.440. The highest BCUT2D eigenvalue weighted by atomic mass is 16.3. The summed E-state index contributed by atoms with van der Waals surface area (Å²) in [6, 6.07) is 7.68. The minimum atomic E-state index is 0.221. The molecule has 18 heavy (non-hydrogen) atoms. The third-order valence-corrected chi connectivity index (χ3v) is 3.80. The van der Waals surface area contributed by atoms with E-state index in [9.17, 15) is 5.11 Å². The van der Waals surface area contributed by atoms with Gasteiger partial charge in [-0.25, -0.2) is 0 Å². The zero-order chi connectivity index (χ0) is 13.4. The van der Waals surface area contributed by atoms with Gasteiger partial charge in [-0.2, -0.15) is 0 Å². The lowest BCUT2D eigenvalue weighted by atomic mass is 9.80. The van der Waals surface area contributed by atoms with E-state index in [1.54, 1.807) is 12.1 Å². The molecule has 0 aliphatic carbocycles. The fourth-order valence-electron chi connectivity index (χ4n) is 2.40. The highest BCUT2D eigenvalue weighted by Gasteiger charge is 2.19.